The van der Waals surface area contributed by atoms with Crippen LogP contribution in [0.15, 0.2) is 48.5 Å². The third-order valence-corrected chi connectivity index (χ3v) is 4.20. The minimum Gasteiger partial charge on any atom is -0.494 e. The van der Waals surface area contributed by atoms with Gasteiger partial charge in [-0.3, -0.25) is 9.59 Å². The lowest BCUT2D eigenvalue weighted by molar-refractivity contribution is -0.114. The Hall–Kier alpha value is -3.02. The SMILES string of the molecule is CCCOc1cccc(NC(=O)CNc2cccc(C(=O)N(CC)CC)c2)c1. The van der Waals surface area contributed by atoms with Crippen molar-refractivity contribution in [3.05, 3.63) is 54.1 Å². The van der Waals surface area contributed by atoms with E-state index in [1.165, 1.54) is 0 Å². The molecule has 0 unspecified atom stereocenters. The Kier molecular flexibility index (Phi) is 8.34. The molecular weight excluding hydrogens is 354 g/mol. The van der Waals surface area contributed by atoms with Crippen LogP contribution in [0.4, 0.5) is 11.4 Å². The summed E-state index contributed by atoms with van der Waals surface area (Å²) in [5, 5.41) is 5.92. The van der Waals surface area contributed by atoms with Crippen molar-refractivity contribution < 1.29 is 14.3 Å². The van der Waals surface area contributed by atoms with Crippen molar-refractivity contribution in [1.29, 1.82) is 0 Å². The largest absolute Gasteiger partial charge is 0.494 e. The first-order chi connectivity index (χ1) is 13.6. The van der Waals surface area contributed by atoms with Crippen molar-refractivity contribution in [3.63, 3.8) is 0 Å². The van der Waals surface area contributed by atoms with E-state index < -0.39 is 0 Å². The number of hydrogen-bond acceptors (Lipinski definition) is 4. The molecule has 28 heavy (non-hydrogen) atoms. The Balaban J connectivity index is 1.92. The highest BCUT2D eigenvalue weighted by Crippen LogP contribution is 2.18. The van der Waals surface area contributed by atoms with Gasteiger partial charge in [0, 0.05) is 36.1 Å². The van der Waals surface area contributed by atoms with Gasteiger partial charge >= 0.3 is 0 Å². The molecule has 2 aromatic carbocycles. The Morgan fingerprint density at radius 3 is 2.39 bits per heavy atom. The fourth-order valence-corrected chi connectivity index (χ4v) is 2.73. The lowest BCUT2D eigenvalue weighted by Gasteiger charge is -2.19. The molecule has 0 aliphatic heterocycles. The highest BCUT2D eigenvalue weighted by atomic mass is 16.5. The zero-order valence-electron chi connectivity index (χ0n) is 16.8. The Morgan fingerprint density at radius 2 is 1.68 bits per heavy atom. The molecule has 0 radical (unpaired) electrons. The van der Waals surface area contributed by atoms with E-state index in [1.54, 1.807) is 23.1 Å². The van der Waals surface area contributed by atoms with Crippen molar-refractivity contribution in [3.8, 4) is 5.75 Å². The van der Waals surface area contributed by atoms with Gasteiger partial charge < -0.3 is 20.3 Å². The quantitative estimate of drug-likeness (QED) is 0.650. The van der Waals surface area contributed by atoms with Crippen molar-refractivity contribution in [2.45, 2.75) is 27.2 Å². The molecular formula is C22H29N3O3. The molecule has 0 bridgehead atoms. The summed E-state index contributed by atoms with van der Waals surface area (Å²) < 4.78 is 5.58. The van der Waals surface area contributed by atoms with Crippen LogP contribution in [0.5, 0.6) is 5.75 Å². The average Bonchev–Trinajstić information content (AvgIpc) is 2.72. The first-order valence-electron chi connectivity index (χ1n) is 9.73. The number of amides is 2. The van der Waals surface area contributed by atoms with Crippen molar-refractivity contribution in [1.82, 2.24) is 4.90 Å². The molecule has 0 spiro atoms. The summed E-state index contributed by atoms with van der Waals surface area (Å²) in [6.07, 6.45) is 0.927. The van der Waals surface area contributed by atoms with Gasteiger partial charge in [-0.25, -0.2) is 0 Å². The van der Waals surface area contributed by atoms with Crippen LogP contribution in [0.2, 0.25) is 0 Å². The zero-order chi connectivity index (χ0) is 20.4. The van der Waals surface area contributed by atoms with E-state index in [-0.39, 0.29) is 18.4 Å². The summed E-state index contributed by atoms with van der Waals surface area (Å²) in [5.41, 5.74) is 2.02. The van der Waals surface area contributed by atoms with Gasteiger partial charge in [0.05, 0.1) is 13.2 Å². The van der Waals surface area contributed by atoms with Gasteiger partial charge in [-0.15, -0.1) is 0 Å². The Labute approximate surface area is 166 Å². The van der Waals surface area contributed by atoms with Gasteiger partial charge in [0.25, 0.3) is 5.91 Å². The number of rotatable bonds is 10. The fraction of sp³-hybridized carbons (Fsp3) is 0.364. The van der Waals surface area contributed by atoms with E-state index in [4.69, 9.17) is 4.74 Å². The van der Waals surface area contributed by atoms with Crippen LogP contribution in [0, 0.1) is 0 Å². The maximum absolute atomic E-state index is 12.5. The minimum atomic E-state index is -0.173. The lowest BCUT2D eigenvalue weighted by atomic mass is 10.1. The van der Waals surface area contributed by atoms with E-state index in [0.29, 0.717) is 30.9 Å². The summed E-state index contributed by atoms with van der Waals surface area (Å²) >= 11 is 0. The molecule has 150 valence electrons. The highest BCUT2D eigenvalue weighted by molar-refractivity contribution is 5.96. The van der Waals surface area contributed by atoms with Crippen LogP contribution in [0.1, 0.15) is 37.6 Å². The molecule has 2 aromatic rings. The van der Waals surface area contributed by atoms with Gasteiger partial charge in [-0.05, 0) is 50.6 Å². The van der Waals surface area contributed by atoms with Gasteiger partial charge in [0.1, 0.15) is 5.75 Å². The summed E-state index contributed by atoms with van der Waals surface area (Å²) in [4.78, 5) is 26.5. The maximum Gasteiger partial charge on any atom is 0.253 e. The normalized spacial score (nSPS) is 10.2. The summed E-state index contributed by atoms with van der Waals surface area (Å²) in [6.45, 7) is 8.02. The van der Waals surface area contributed by atoms with E-state index in [0.717, 1.165) is 17.9 Å². The monoisotopic (exact) mass is 383 g/mol. The number of benzene rings is 2. The molecule has 0 saturated carbocycles. The molecule has 0 saturated heterocycles. The van der Waals surface area contributed by atoms with Crippen molar-refractivity contribution in [2.24, 2.45) is 0 Å². The van der Waals surface area contributed by atoms with Crippen LogP contribution >= 0.6 is 0 Å². The van der Waals surface area contributed by atoms with Gasteiger partial charge in [-0.1, -0.05) is 19.1 Å². The zero-order valence-corrected chi connectivity index (χ0v) is 16.8. The Bertz CT molecular complexity index is 788. The van der Waals surface area contributed by atoms with Crippen LogP contribution in [0.25, 0.3) is 0 Å². The molecule has 0 aliphatic rings. The molecule has 0 fully saturated rings. The molecule has 0 atom stereocenters. The average molecular weight is 383 g/mol. The van der Waals surface area contributed by atoms with Crippen molar-refractivity contribution >= 4 is 23.2 Å². The predicted molar refractivity (Wildman–Crippen MR) is 113 cm³/mol. The number of nitrogens with zero attached hydrogens (tertiary/aromatic N) is 1. The van der Waals surface area contributed by atoms with Crippen LogP contribution in [-0.2, 0) is 4.79 Å². The van der Waals surface area contributed by atoms with E-state index in [1.807, 2.05) is 51.1 Å². The maximum atomic E-state index is 12.5. The second-order valence-electron chi connectivity index (χ2n) is 6.34. The molecule has 0 aliphatic carbocycles. The van der Waals surface area contributed by atoms with Crippen molar-refractivity contribution in [2.75, 3.05) is 36.9 Å². The van der Waals surface area contributed by atoms with Gasteiger partial charge in [0.15, 0.2) is 0 Å². The minimum absolute atomic E-state index is 0.0120. The van der Waals surface area contributed by atoms with Crippen LogP contribution in [0.3, 0.4) is 0 Å². The first kappa shape index (κ1) is 21.3. The van der Waals surface area contributed by atoms with E-state index >= 15 is 0 Å². The topological polar surface area (TPSA) is 70.7 Å². The Morgan fingerprint density at radius 1 is 0.964 bits per heavy atom. The van der Waals surface area contributed by atoms with E-state index in [2.05, 4.69) is 10.6 Å². The smallest absolute Gasteiger partial charge is 0.253 e. The summed E-state index contributed by atoms with van der Waals surface area (Å²) in [7, 11) is 0. The lowest BCUT2D eigenvalue weighted by Crippen LogP contribution is -2.30. The summed E-state index contributed by atoms with van der Waals surface area (Å²) in [6, 6.07) is 14.5. The number of carbonyl (C=O) groups is 2. The molecule has 2 rings (SSSR count). The molecule has 0 aromatic heterocycles. The predicted octanol–water partition coefficient (Wildman–Crippen LogP) is 4.01. The number of ether oxygens (including phenoxy) is 1. The number of carbonyl (C=O) groups excluding carboxylic acids is 2. The van der Waals surface area contributed by atoms with Crippen LogP contribution in [-0.4, -0.2) is 43.0 Å². The summed E-state index contributed by atoms with van der Waals surface area (Å²) in [5.74, 6) is 0.547. The number of nitrogens with one attached hydrogen (secondary N) is 2. The second kappa shape index (κ2) is 11.0. The highest BCUT2D eigenvalue weighted by Gasteiger charge is 2.12. The third-order valence-electron chi connectivity index (χ3n) is 4.20. The molecule has 2 amide bonds. The fourth-order valence-electron chi connectivity index (χ4n) is 2.73. The third kappa shape index (κ3) is 6.30. The van der Waals surface area contributed by atoms with Gasteiger partial charge in [-0.2, -0.15) is 0 Å². The number of anilines is 2. The molecule has 0 heterocycles. The first-order valence-corrected chi connectivity index (χ1v) is 9.73. The van der Waals surface area contributed by atoms with Crippen LogP contribution < -0.4 is 15.4 Å². The van der Waals surface area contributed by atoms with Gasteiger partial charge in [0.2, 0.25) is 5.91 Å². The van der Waals surface area contributed by atoms with E-state index in [9.17, 15) is 9.59 Å². The molecule has 6 heteroatoms. The molecule has 2 N–H and O–H groups in total. The molecule has 6 nitrogen and oxygen atoms in total. The standard InChI is InChI=1S/C22H29N3O3/c1-4-13-28-20-12-8-11-19(15-20)24-21(26)16-23-18-10-7-9-17(14-18)22(27)25(5-2)6-3/h7-12,14-15,23H,4-6,13,16H2,1-3H3,(H,24,26). The number of hydrogen-bond donors (Lipinski definition) is 2. The second-order valence-corrected chi connectivity index (χ2v) is 6.34.